The van der Waals surface area contributed by atoms with Crippen molar-refractivity contribution in [2.24, 2.45) is 4.99 Å². The number of guanidine groups is 1. The highest BCUT2D eigenvalue weighted by Gasteiger charge is 2.19. The molecule has 33 heavy (non-hydrogen) atoms. The normalized spacial score (nSPS) is 13.9. The number of nitrogens with one attached hydrogen (secondary N) is 2. The van der Waals surface area contributed by atoms with Crippen molar-refractivity contribution in [3.05, 3.63) is 40.8 Å². The second-order valence-corrected chi connectivity index (χ2v) is 8.09. The van der Waals surface area contributed by atoms with Gasteiger partial charge >= 0.3 is 0 Å². The van der Waals surface area contributed by atoms with E-state index in [1.165, 1.54) is 11.1 Å². The van der Waals surface area contributed by atoms with Crippen molar-refractivity contribution < 1.29 is 14.0 Å². The fourth-order valence-corrected chi connectivity index (χ4v) is 4.17. The van der Waals surface area contributed by atoms with Crippen LogP contribution < -0.4 is 20.1 Å². The van der Waals surface area contributed by atoms with E-state index in [1.54, 1.807) is 21.3 Å². The summed E-state index contributed by atoms with van der Waals surface area (Å²) in [5.41, 5.74) is 3.67. The predicted octanol–water partition coefficient (Wildman–Crippen LogP) is 3.94. The Morgan fingerprint density at radius 3 is 2.45 bits per heavy atom. The molecular formula is C24H38IN5O3. The molecule has 0 atom stereocenters. The molecule has 0 saturated carbocycles. The first-order valence-electron chi connectivity index (χ1n) is 11.5. The van der Waals surface area contributed by atoms with E-state index in [0.29, 0.717) is 12.5 Å². The molecule has 2 heterocycles. The minimum atomic E-state index is 0. The third-order valence-corrected chi connectivity index (χ3v) is 6.15. The summed E-state index contributed by atoms with van der Waals surface area (Å²) in [4.78, 5) is 6.76. The van der Waals surface area contributed by atoms with Gasteiger partial charge in [-0.3, -0.25) is 9.89 Å². The molecule has 2 N–H and O–H groups in total. The smallest absolute Gasteiger partial charge is 0.191 e. The lowest BCUT2D eigenvalue weighted by Crippen LogP contribution is -2.42. The molecule has 0 radical (unpaired) electrons. The zero-order valence-corrected chi connectivity index (χ0v) is 22.8. The number of aliphatic imine (C=N–C) groups is 1. The van der Waals surface area contributed by atoms with Crippen molar-refractivity contribution in [2.45, 2.75) is 52.1 Å². The number of hydrogen-bond acceptors (Lipinski definition) is 6. The summed E-state index contributed by atoms with van der Waals surface area (Å²) in [6.45, 7) is 8.58. The third-order valence-electron chi connectivity index (χ3n) is 6.15. The van der Waals surface area contributed by atoms with Gasteiger partial charge in [-0.25, -0.2) is 0 Å². The molecule has 0 spiro atoms. The Balaban J connectivity index is 0.00000385. The number of methoxy groups -OCH3 is 2. The number of halogens is 1. The molecule has 0 saturated heterocycles. The number of ether oxygens (including phenoxy) is 2. The van der Waals surface area contributed by atoms with Crippen LogP contribution in [0, 0.1) is 0 Å². The SMILES string of the molecule is CCC(CC)c1cc(CNC(=NC)NCCN2CCc3cc(OC)c(OC)cc3C2)on1.I. The van der Waals surface area contributed by atoms with Crippen LogP contribution in [0.2, 0.25) is 0 Å². The van der Waals surface area contributed by atoms with Crippen LogP contribution in [0.25, 0.3) is 0 Å². The Morgan fingerprint density at radius 2 is 1.82 bits per heavy atom. The highest BCUT2D eigenvalue weighted by molar-refractivity contribution is 14.0. The Morgan fingerprint density at radius 1 is 1.12 bits per heavy atom. The van der Waals surface area contributed by atoms with Gasteiger partial charge in [-0.1, -0.05) is 19.0 Å². The highest BCUT2D eigenvalue weighted by atomic mass is 127. The molecule has 9 heteroatoms. The molecule has 8 nitrogen and oxygen atoms in total. The molecule has 0 amide bonds. The van der Waals surface area contributed by atoms with E-state index in [9.17, 15) is 0 Å². The van der Waals surface area contributed by atoms with Gasteiger partial charge in [-0.15, -0.1) is 24.0 Å². The molecule has 3 rings (SSSR count). The number of aromatic nitrogens is 1. The molecule has 1 aromatic heterocycles. The minimum Gasteiger partial charge on any atom is -0.493 e. The molecule has 0 fully saturated rings. The molecular weight excluding hydrogens is 533 g/mol. The molecule has 1 aliphatic heterocycles. The summed E-state index contributed by atoms with van der Waals surface area (Å²) in [5, 5.41) is 10.9. The zero-order chi connectivity index (χ0) is 22.9. The van der Waals surface area contributed by atoms with Crippen molar-refractivity contribution in [2.75, 3.05) is 40.9 Å². The number of benzene rings is 1. The topological polar surface area (TPSA) is 84.2 Å². The number of rotatable bonds is 10. The molecule has 184 valence electrons. The van der Waals surface area contributed by atoms with Gasteiger partial charge in [-0.05, 0) is 42.5 Å². The minimum absolute atomic E-state index is 0. The lowest BCUT2D eigenvalue weighted by Gasteiger charge is -2.29. The van der Waals surface area contributed by atoms with Crippen LogP contribution in [-0.2, 0) is 19.5 Å². The van der Waals surface area contributed by atoms with Gasteiger partial charge in [0, 0.05) is 45.2 Å². The summed E-state index contributed by atoms with van der Waals surface area (Å²) in [7, 11) is 5.14. The van der Waals surface area contributed by atoms with Crippen molar-refractivity contribution in [1.82, 2.24) is 20.7 Å². The molecule has 0 aliphatic carbocycles. The van der Waals surface area contributed by atoms with Crippen LogP contribution in [0.4, 0.5) is 0 Å². The second kappa shape index (κ2) is 13.6. The van der Waals surface area contributed by atoms with Crippen molar-refractivity contribution >= 4 is 29.9 Å². The average Bonchev–Trinajstić information content (AvgIpc) is 3.29. The fraction of sp³-hybridized carbons (Fsp3) is 0.583. The lowest BCUT2D eigenvalue weighted by atomic mass is 9.99. The van der Waals surface area contributed by atoms with Crippen molar-refractivity contribution in [3.8, 4) is 11.5 Å². The maximum Gasteiger partial charge on any atom is 0.191 e. The average molecular weight is 572 g/mol. The molecule has 1 aliphatic rings. The van der Waals surface area contributed by atoms with Crippen LogP contribution in [-0.4, -0.2) is 56.9 Å². The van der Waals surface area contributed by atoms with E-state index >= 15 is 0 Å². The van der Waals surface area contributed by atoms with Crippen LogP contribution in [0.5, 0.6) is 11.5 Å². The van der Waals surface area contributed by atoms with Crippen LogP contribution >= 0.6 is 24.0 Å². The van der Waals surface area contributed by atoms with Gasteiger partial charge in [0.05, 0.1) is 26.5 Å². The lowest BCUT2D eigenvalue weighted by molar-refractivity contribution is 0.256. The van der Waals surface area contributed by atoms with Crippen LogP contribution in [0.1, 0.15) is 55.2 Å². The van der Waals surface area contributed by atoms with E-state index < -0.39 is 0 Å². The Hall–Kier alpha value is -2.01. The Kier molecular flexibility index (Phi) is 11.3. The second-order valence-electron chi connectivity index (χ2n) is 8.09. The van der Waals surface area contributed by atoms with E-state index in [1.807, 2.05) is 6.07 Å². The molecule has 1 aromatic carbocycles. The number of hydrogen-bond donors (Lipinski definition) is 2. The Labute approximate surface area is 214 Å². The summed E-state index contributed by atoms with van der Waals surface area (Å²) >= 11 is 0. The molecule has 0 unspecified atom stereocenters. The quantitative estimate of drug-likeness (QED) is 0.254. The fourth-order valence-electron chi connectivity index (χ4n) is 4.17. The largest absolute Gasteiger partial charge is 0.493 e. The predicted molar refractivity (Wildman–Crippen MR) is 142 cm³/mol. The maximum atomic E-state index is 5.49. The first-order chi connectivity index (χ1) is 15.6. The molecule has 0 bridgehead atoms. The summed E-state index contributed by atoms with van der Waals surface area (Å²) in [5.74, 6) is 3.63. The van der Waals surface area contributed by atoms with E-state index in [0.717, 1.165) is 74.4 Å². The van der Waals surface area contributed by atoms with Gasteiger partial charge in [0.25, 0.3) is 0 Å². The maximum absolute atomic E-state index is 5.49. The monoisotopic (exact) mass is 571 g/mol. The standard InChI is InChI=1S/C24H37N5O3.HI/c1-6-17(7-2)21-14-20(32-28-21)15-27-24(25-3)26-9-11-29-10-8-18-12-22(30-4)23(31-5)13-19(18)16-29;/h12-14,17H,6-11,15-16H2,1-5H3,(H2,25,26,27);1H. The van der Waals surface area contributed by atoms with Gasteiger partial charge in [0.2, 0.25) is 0 Å². The third kappa shape index (κ3) is 7.23. The first kappa shape index (κ1) is 27.2. The zero-order valence-electron chi connectivity index (χ0n) is 20.4. The first-order valence-corrected chi connectivity index (χ1v) is 11.5. The van der Waals surface area contributed by atoms with Crippen LogP contribution in [0.15, 0.2) is 27.7 Å². The van der Waals surface area contributed by atoms with Gasteiger partial charge in [0.15, 0.2) is 23.2 Å². The van der Waals surface area contributed by atoms with Gasteiger partial charge in [0.1, 0.15) is 0 Å². The van der Waals surface area contributed by atoms with Crippen molar-refractivity contribution in [1.29, 1.82) is 0 Å². The summed E-state index contributed by atoms with van der Waals surface area (Å²) < 4.78 is 16.4. The Bertz CT molecular complexity index is 898. The summed E-state index contributed by atoms with van der Waals surface area (Å²) in [6, 6.07) is 6.25. The number of nitrogens with zero attached hydrogens (tertiary/aromatic N) is 3. The summed E-state index contributed by atoms with van der Waals surface area (Å²) in [6.07, 6.45) is 3.15. The number of fused-ring (bicyclic) bond motifs is 1. The van der Waals surface area contributed by atoms with E-state index in [4.69, 9.17) is 14.0 Å². The van der Waals surface area contributed by atoms with Gasteiger partial charge in [-0.2, -0.15) is 0 Å². The van der Waals surface area contributed by atoms with E-state index in [-0.39, 0.29) is 24.0 Å². The highest BCUT2D eigenvalue weighted by Crippen LogP contribution is 2.33. The molecule has 2 aromatic rings. The van der Waals surface area contributed by atoms with Crippen LogP contribution in [0.3, 0.4) is 0 Å². The van der Waals surface area contributed by atoms with E-state index in [2.05, 4.69) is 51.7 Å². The van der Waals surface area contributed by atoms with Crippen molar-refractivity contribution in [3.63, 3.8) is 0 Å². The van der Waals surface area contributed by atoms with Gasteiger partial charge < -0.3 is 24.6 Å².